The first-order valence-corrected chi connectivity index (χ1v) is 9.91. The topological polar surface area (TPSA) is 165 Å². The van der Waals surface area contributed by atoms with E-state index in [1.165, 1.54) is 14.0 Å². The molecule has 0 bridgehead atoms. The van der Waals surface area contributed by atoms with Crippen molar-refractivity contribution in [1.29, 1.82) is 10.5 Å². The molecule has 10 nitrogen and oxygen atoms in total. The van der Waals surface area contributed by atoms with Gasteiger partial charge in [0.15, 0.2) is 30.3 Å². The van der Waals surface area contributed by atoms with Crippen LogP contribution in [0.25, 0.3) is 11.3 Å². The van der Waals surface area contributed by atoms with E-state index in [-0.39, 0.29) is 39.3 Å². The highest BCUT2D eigenvalue weighted by Gasteiger charge is 2.32. The maximum atomic E-state index is 13.9. The molecule has 0 saturated heterocycles. The standard InChI is InChI=1S/C19H11F4N7O3S/c1-6(17(31)27-14-12(22)9(20)3-10(21)13(14)23)34-18-8(5-25)11(7(4-24)16(26)28-18)15-19(32)33-29-30(15)2/h3,6H,1-2H3,(H3-,26,27,28,29,31,32)/p+1. The lowest BCUT2D eigenvalue weighted by atomic mass is 10.0. The summed E-state index contributed by atoms with van der Waals surface area (Å²) in [4.78, 5) is 28.6. The second-order valence-corrected chi connectivity index (χ2v) is 7.96. The number of nitriles is 2. The quantitative estimate of drug-likeness (QED) is 0.209. The molecule has 2 aromatic heterocycles. The van der Waals surface area contributed by atoms with E-state index in [1.807, 2.05) is 0 Å². The maximum absolute atomic E-state index is 13.9. The number of halogens is 4. The number of nitrogens with zero attached hydrogens (tertiary/aromatic N) is 4. The van der Waals surface area contributed by atoms with E-state index < -0.39 is 45.7 Å². The van der Waals surface area contributed by atoms with E-state index in [2.05, 4.69) is 14.8 Å². The van der Waals surface area contributed by atoms with Crippen LogP contribution in [0.15, 0.2) is 20.4 Å². The van der Waals surface area contributed by atoms with Gasteiger partial charge in [-0.25, -0.2) is 27.3 Å². The van der Waals surface area contributed by atoms with Gasteiger partial charge in [0, 0.05) is 6.07 Å². The summed E-state index contributed by atoms with van der Waals surface area (Å²) in [6, 6.07) is 3.52. The minimum atomic E-state index is -1.81. The van der Waals surface area contributed by atoms with Crippen LogP contribution in [0.2, 0.25) is 0 Å². The Morgan fingerprint density at radius 3 is 2.32 bits per heavy atom. The molecule has 4 N–H and O–H groups in total. The van der Waals surface area contributed by atoms with Gasteiger partial charge in [-0.15, -0.1) is 0 Å². The first kappa shape index (κ1) is 24.3. The van der Waals surface area contributed by atoms with Crippen LogP contribution in [0.5, 0.6) is 0 Å². The minimum Gasteiger partial charge on any atom is -0.383 e. The summed E-state index contributed by atoms with van der Waals surface area (Å²) < 4.78 is 60.3. The Kier molecular flexibility index (Phi) is 6.60. The summed E-state index contributed by atoms with van der Waals surface area (Å²) >= 11 is 0.579. The van der Waals surface area contributed by atoms with Gasteiger partial charge >= 0.3 is 11.3 Å². The number of hydrogen-bond donors (Lipinski definition) is 3. The highest BCUT2D eigenvalue weighted by atomic mass is 32.2. The summed E-state index contributed by atoms with van der Waals surface area (Å²) in [6.45, 7) is 1.24. The number of H-pyrrole nitrogens is 1. The number of aromatic amines is 1. The number of hydrogen-bond acceptors (Lipinski definition) is 8. The summed E-state index contributed by atoms with van der Waals surface area (Å²) in [7, 11) is 1.36. The number of amides is 1. The van der Waals surface area contributed by atoms with Crippen molar-refractivity contribution in [1.82, 2.24) is 10.3 Å². The molecule has 174 valence electrons. The molecule has 2 heterocycles. The summed E-state index contributed by atoms with van der Waals surface area (Å²) in [6.07, 6.45) is 0. The first-order chi connectivity index (χ1) is 16.0. The zero-order chi connectivity index (χ0) is 25.3. The highest BCUT2D eigenvalue weighted by molar-refractivity contribution is 8.00. The van der Waals surface area contributed by atoms with Crippen molar-refractivity contribution in [2.24, 2.45) is 7.05 Å². The molecule has 0 aliphatic carbocycles. The van der Waals surface area contributed by atoms with Gasteiger partial charge in [0.05, 0.1) is 10.8 Å². The number of nitrogen functional groups attached to an aromatic ring is 1. The molecule has 3 rings (SSSR count). The number of nitrogens with two attached hydrogens (primary N) is 1. The second-order valence-electron chi connectivity index (χ2n) is 6.63. The smallest absolute Gasteiger partial charge is 0.383 e. The van der Waals surface area contributed by atoms with Crippen LogP contribution in [-0.2, 0) is 11.8 Å². The average molecular weight is 494 g/mol. The number of aromatic nitrogens is 3. The molecule has 0 aliphatic rings. The molecule has 0 spiro atoms. The number of pyridine rings is 1. The van der Waals surface area contributed by atoms with Crippen molar-refractivity contribution < 1.29 is 31.6 Å². The van der Waals surface area contributed by atoms with E-state index in [0.29, 0.717) is 11.8 Å². The van der Waals surface area contributed by atoms with Gasteiger partial charge in [-0.2, -0.15) is 10.5 Å². The summed E-state index contributed by atoms with van der Waals surface area (Å²) in [5.41, 5.74) is 2.49. The number of aryl methyl sites for hydroxylation is 1. The van der Waals surface area contributed by atoms with Gasteiger partial charge in [-0.1, -0.05) is 16.4 Å². The van der Waals surface area contributed by atoms with E-state index in [0.717, 1.165) is 4.68 Å². The third-order valence-corrected chi connectivity index (χ3v) is 5.56. The van der Waals surface area contributed by atoms with E-state index >= 15 is 0 Å². The molecule has 1 atom stereocenters. The second kappa shape index (κ2) is 9.24. The molecular formula is C19H12F4N7O3S+. The summed E-state index contributed by atoms with van der Waals surface area (Å²) in [5.74, 6) is -8.53. The predicted octanol–water partition coefficient (Wildman–Crippen LogP) is 1.86. The van der Waals surface area contributed by atoms with Crippen LogP contribution in [-0.4, -0.2) is 21.4 Å². The molecule has 0 radical (unpaired) electrons. The predicted molar refractivity (Wildman–Crippen MR) is 108 cm³/mol. The number of nitrogens with one attached hydrogen (secondary N) is 2. The van der Waals surface area contributed by atoms with Crippen molar-refractivity contribution in [3.05, 3.63) is 50.9 Å². The van der Waals surface area contributed by atoms with Crippen molar-refractivity contribution in [2.45, 2.75) is 17.2 Å². The Balaban J connectivity index is 2.04. The molecule has 34 heavy (non-hydrogen) atoms. The molecule has 15 heteroatoms. The number of carbonyl (C=O) groups excluding carboxylic acids is 1. The van der Waals surface area contributed by atoms with Gasteiger partial charge in [0.2, 0.25) is 5.91 Å². The van der Waals surface area contributed by atoms with E-state index in [1.54, 1.807) is 17.5 Å². The third kappa shape index (κ3) is 4.16. The van der Waals surface area contributed by atoms with Gasteiger partial charge < -0.3 is 11.1 Å². The van der Waals surface area contributed by atoms with Crippen LogP contribution in [0, 0.1) is 45.9 Å². The third-order valence-electron chi connectivity index (χ3n) is 4.47. The average Bonchev–Trinajstić information content (AvgIpc) is 3.12. The number of anilines is 2. The molecule has 0 saturated carbocycles. The Hall–Kier alpha value is -4.37. The fraction of sp³-hybridized carbons (Fsp3) is 0.158. The minimum absolute atomic E-state index is 0.0137. The van der Waals surface area contributed by atoms with Gasteiger partial charge in [-0.3, -0.25) is 9.32 Å². The van der Waals surface area contributed by atoms with Crippen molar-refractivity contribution >= 4 is 29.2 Å². The van der Waals surface area contributed by atoms with Crippen molar-refractivity contribution in [3.8, 4) is 23.4 Å². The van der Waals surface area contributed by atoms with Crippen LogP contribution in [0.1, 0.15) is 18.1 Å². The first-order valence-electron chi connectivity index (χ1n) is 9.03. The van der Waals surface area contributed by atoms with Gasteiger partial charge in [-0.05, 0) is 12.2 Å². The number of carbonyl (C=O) groups is 1. The van der Waals surface area contributed by atoms with Crippen LogP contribution in [0.3, 0.4) is 0 Å². The van der Waals surface area contributed by atoms with Crippen LogP contribution in [0.4, 0.5) is 29.1 Å². The largest absolute Gasteiger partial charge is 0.435 e. The molecule has 0 fully saturated rings. The summed E-state index contributed by atoms with van der Waals surface area (Å²) in [5, 5.41) is 21.7. The lowest BCUT2D eigenvalue weighted by Crippen LogP contribution is -2.34. The lowest BCUT2D eigenvalue weighted by Gasteiger charge is -2.15. The zero-order valence-electron chi connectivity index (χ0n) is 17.2. The molecular weight excluding hydrogens is 482 g/mol. The Labute approximate surface area is 191 Å². The normalized spacial score (nSPS) is 11.5. The van der Waals surface area contributed by atoms with E-state index in [4.69, 9.17) is 5.73 Å². The highest BCUT2D eigenvalue weighted by Crippen LogP contribution is 2.35. The molecule has 3 aromatic rings. The Bertz CT molecular complexity index is 1450. The fourth-order valence-electron chi connectivity index (χ4n) is 2.86. The molecule has 1 unspecified atom stereocenters. The molecule has 1 aromatic carbocycles. The van der Waals surface area contributed by atoms with Crippen molar-refractivity contribution in [2.75, 3.05) is 11.1 Å². The number of rotatable bonds is 5. The maximum Gasteiger partial charge on any atom is 0.435 e. The van der Waals surface area contributed by atoms with Gasteiger partial charge in [0.25, 0.3) is 0 Å². The SMILES string of the molecule is CC(Sc1nc(N)c(C#N)c(-c2c(=O)o[nH][n+]2C)c1C#N)C(=O)Nc1c(F)c(F)cc(F)c1F. The van der Waals surface area contributed by atoms with Gasteiger partial charge in [0.1, 0.15) is 39.8 Å². The Morgan fingerprint density at radius 1 is 1.24 bits per heavy atom. The lowest BCUT2D eigenvalue weighted by molar-refractivity contribution is -0.730. The van der Waals surface area contributed by atoms with Crippen molar-refractivity contribution in [3.63, 3.8) is 0 Å². The van der Waals surface area contributed by atoms with E-state index in [9.17, 15) is 37.7 Å². The Morgan fingerprint density at radius 2 is 1.82 bits per heavy atom. The number of thioether (sulfide) groups is 1. The molecule has 0 aliphatic heterocycles. The van der Waals surface area contributed by atoms with Crippen LogP contribution < -0.4 is 21.4 Å². The monoisotopic (exact) mass is 494 g/mol. The fourth-order valence-corrected chi connectivity index (χ4v) is 3.78. The molecule has 1 amide bonds. The van der Waals surface area contributed by atoms with Crippen LogP contribution >= 0.6 is 11.8 Å². The number of benzene rings is 1. The zero-order valence-corrected chi connectivity index (χ0v) is 18.0.